The van der Waals surface area contributed by atoms with E-state index in [4.69, 9.17) is 4.74 Å². The number of nitrogens with one attached hydrogen (secondary N) is 1. The van der Waals surface area contributed by atoms with E-state index in [2.05, 4.69) is 15.0 Å². The number of aromatic nitrogens is 2. The van der Waals surface area contributed by atoms with E-state index in [0.29, 0.717) is 17.8 Å². The maximum absolute atomic E-state index is 11.8. The van der Waals surface area contributed by atoms with E-state index in [1.165, 1.54) is 19.3 Å². The van der Waals surface area contributed by atoms with Crippen LogP contribution >= 0.6 is 0 Å². The van der Waals surface area contributed by atoms with Crippen molar-refractivity contribution in [3.05, 3.63) is 77.3 Å². The van der Waals surface area contributed by atoms with Crippen molar-refractivity contribution in [2.75, 3.05) is 19.0 Å². The van der Waals surface area contributed by atoms with Gasteiger partial charge in [-0.3, -0.25) is 0 Å². The highest BCUT2D eigenvalue weighted by Gasteiger charge is 2.14. The van der Waals surface area contributed by atoms with Crippen LogP contribution in [0.4, 0.5) is 5.69 Å². The van der Waals surface area contributed by atoms with Crippen LogP contribution in [0.3, 0.4) is 0 Å². The van der Waals surface area contributed by atoms with Crippen molar-refractivity contribution in [2.24, 2.45) is 0 Å². The summed E-state index contributed by atoms with van der Waals surface area (Å²) >= 11 is 0. The van der Waals surface area contributed by atoms with Crippen LogP contribution in [-0.2, 0) is 25.6 Å². The van der Waals surface area contributed by atoms with Crippen LogP contribution in [0.15, 0.2) is 66.1 Å². The Hall–Kier alpha value is -4.38. The SMILES string of the molecule is COC(=O)C(C#N)=Cc1cn(Cc2ccc(NC3=CC(=O)OC3)cc2)c2ncccc12. The lowest BCUT2D eigenvalue weighted by atomic mass is 10.1. The van der Waals surface area contributed by atoms with Crippen LogP contribution in [0.25, 0.3) is 17.1 Å². The van der Waals surface area contributed by atoms with Gasteiger partial charge in [0.05, 0.1) is 12.8 Å². The molecule has 0 unspecified atom stereocenters. The number of ether oxygens (including phenoxy) is 2. The van der Waals surface area contributed by atoms with E-state index < -0.39 is 5.97 Å². The summed E-state index contributed by atoms with van der Waals surface area (Å²) in [6.07, 6.45) is 6.50. The van der Waals surface area contributed by atoms with E-state index in [1.807, 2.05) is 47.2 Å². The Bertz CT molecular complexity index is 1260. The van der Waals surface area contributed by atoms with Crippen molar-refractivity contribution < 1.29 is 19.1 Å². The molecule has 0 saturated heterocycles. The number of nitriles is 1. The monoisotopic (exact) mass is 414 g/mol. The van der Waals surface area contributed by atoms with E-state index in [9.17, 15) is 14.9 Å². The Labute approximate surface area is 178 Å². The zero-order valence-corrected chi connectivity index (χ0v) is 16.7. The summed E-state index contributed by atoms with van der Waals surface area (Å²) in [5.74, 6) is -1.03. The molecule has 8 nitrogen and oxygen atoms in total. The van der Waals surface area contributed by atoms with Crippen LogP contribution in [0, 0.1) is 11.3 Å². The summed E-state index contributed by atoms with van der Waals surface area (Å²) in [5, 5.41) is 13.3. The highest BCUT2D eigenvalue weighted by Crippen LogP contribution is 2.24. The van der Waals surface area contributed by atoms with Gasteiger partial charge in [0.1, 0.15) is 23.9 Å². The highest BCUT2D eigenvalue weighted by molar-refractivity contribution is 6.00. The molecular formula is C23H18N4O4. The van der Waals surface area contributed by atoms with Crippen LogP contribution in [0.5, 0.6) is 0 Å². The lowest BCUT2D eigenvalue weighted by molar-refractivity contribution is -0.136. The molecule has 1 aromatic carbocycles. The average molecular weight is 414 g/mol. The molecule has 8 heteroatoms. The number of pyridine rings is 1. The van der Waals surface area contributed by atoms with Gasteiger partial charge in [-0.05, 0) is 35.9 Å². The molecule has 4 rings (SSSR count). The molecule has 0 radical (unpaired) electrons. The molecule has 3 aromatic rings. The molecule has 0 aliphatic carbocycles. The molecule has 0 amide bonds. The Morgan fingerprint density at radius 3 is 2.84 bits per heavy atom. The molecule has 0 saturated carbocycles. The first-order chi connectivity index (χ1) is 15.1. The normalized spacial score (nSPS) is 13.5. The van der Waals surface area contributed by atoms with Gasteiger partial charge in [-0.1, -0.05) is 12.1 Å². The second-order valence-electron chi connectivity index (χ2n) is 6.85. The van der Waals surface area contributed by atoms with E-state index in [1.54, 1.807) is 12.3 Å². The van der Waals surface area contributed by atoms with Crippen molar-refractivity contribution in [3.8, 4) is 6.07 Å². The lowest BCUT2D eigenvalue weighted by Crippen LogP contribution is -2.02. The first kappa shape index (κ1) is 19.9. The van der Waals surface area contributed by atoms with Crippen LogP contribution in [0.1, 0.15) is 11.1 Å². The van der Waals surface area contributed by atoms with Crippen LogP contribution in [0.2, 0.25) is 0 Å². The van der Waals surface area contributed by atoms with E-state index in [0.717, 1.165) is 22.3 Å². The first-order valence-electron chi connectivity index (χ1n) is 9.44. The van der Waals surface area contributed by atoms with Gasteiger partial charge in [-0.25, -0.2) is 14.6 Å². The zero-order valence-electron chi connectivity index (χ0n) is 16.7. The summed E-state index contributed by atoms with van der Waals surface area (Å²) in [6, 6.07) is 13.4. The molecule has 1 N–H and O–H groups in total. The molecule has 1 aliphatic rings. The first-order valence-corrected chi connectivity index (χ1v) is 9.44. The molecule has 1 aliphatic heterocycles. The average Bonchev–Trinajstić information content (AvgIpc) is 3.36. The molecule has 0 atom stereocenters. The number of fused-ring (bicyclic) bond motifs is 1. The quantitative estimate of drug-likeness (QED) is 0.375. The molecule has 0 fully saturated rings. The van der Waals surface area contributed by atoms with Gasteiger partial charge < -0.3 is 19.4 Å². The van der Waals surface area contributed by atoms with Gasteiger partial charge in [0, 0.05) is 41.7 Å². The molecule has 0 spiro atoms. The largest absolute Gasteiger partial charge is 0.465 e. The molecule has 31 heavy (non-hydrogen) atoms. The standard InChI is InChI=1S/C23H18N4O4/c1-30-23(29)16(11-24)9-17-13-27(22-20(17)3-2-8-25-22)12-15-4-6-18(7-5-15)26-19-10-21(28)31-14-19/h2-10,13,26H,12,14H2,1H3. The van der Waals surface area contributed by atoms with Crippen molar-refractivity contribution >= 4 is 34.7 Å². The Kier molecular flexibility index (Phi) is 5.49. The third-order valence-electron chi connectivity index (χ3n) is 4.76. The molecule has 3 heterocycles. The van der Waals surface area contributed by atoms with Crippen LogP contribution < -0.4 is 5.32 Å². The Balaban J connectivity index is 1.60. The number of carbonyl (C=O) groups excluding carboxylic acids is 2. The van der Waals surface area contributed by atoms with Crippen molar-refractivity contribution in [1.82, 2.24) is 9.55 Å². The number of rotatable bonds is 6. The smallest absolute Gasteiger partial charge is 0.348 e. The maximum Gasteiger partial charge on any atom is 0.348 e. The van der Waals surface area contributed by atoms with Gasteiger partial charge >= 0.3 is 11.9 Å². The topological polar surface area (TPSA) is 106 Å². The number of hydrogen-bond acceptors (Lipinski definition) is 7. The van der Waals surface area contributed by atoms with Crippen molar-refractivity contribution in [2.45, 2.75) is 6.54 Å². The number of esters is 2. The van der Waals surface area contributed by atoms with E-state index in [-0.39, 0.29) is 18.1 Å². The molecule has 154 valence electrons. The third-order valence-corrected chi connectivity index (χ3v) is 4.76. The molecule has 2 aromatic heterocycles. The minimum atomic E-state index is -0.681. The number of cyclic esters (lactones) is 1. The second kappa shape index (κ2) is 8.55. The lowest BCUT2D eigenvalue weighted by Gasteiger charge is -2.08. The number of nitrogens with zero attached hydrogens (tertiary/aromatic N) is 3. The second-order valence-corrected chi connectivity index (χ2v) is 6.85. The van der Waals surface area contributed by atoms with Gasteiger partial charge in [0.15, 0.2) is 0 Å². The van der Waals surface area contributed by atoms with Gasteiger partial charge in [0.2, 0.25) is 0 Å². The number of anilines is 1. The summed E-state index contributed by atoms with van der Waals surface area (Å²) in [6.45, 7) is 0.792. The zero-order chi connectivity index (χ0) is 21.8. The summed E-state index contributed by atoms with van der Waals surface area (Å²) in [4.78, 5) is 27.4. The minimum absolute atomic E-state index is 0.0792. The number of benzene rings is 1. The van der Waals surface area contributed by atoms with Gasteiger partial charge in [-0.15, -0.1) is 0 Å². The number of methoxy groups -OCH3 is 1. The van der Waals surface area contributed by atoms with Crippen LogP contribution in [-0.4, -0.2) is 35.2 Å². The molecular weight excluding hydrogens is 396 g/mol. The fraction of sp³-hybridized carbons (Fsp3) is 0.130. The van der Waals surface area contributed by atoms with Crippen molar-refractivity contribution in [1.29, 1.82) is 5.26 Å². The van der Waals surface area contributed by atoms with Gasteiger partial charge in [0.25, 0.3) is 0 Å². The highest BCUT2D eigenvalue weighted by atomic mass is 16.5. The third kappa shape index (κ3) is 4.31. The Morgan fingerprint density at radius 2 is 2.16 bits per heavy atom. The predicted octanol–water partition coefficient (Wildman–Crippen LogP) is 3.02. The van der Waals surface area contributed by atoms with E-state index >= 15 is 0 Å². The minimum Gasteiger partial charge on any atom is -0.465 e. The Morgan fingerprint density at radius 1 is 1.35 bits per heavy atom. The van der Waals surface area contributed by atoms with Crippen molar-refractivity contribution in [3.63, 3.8) is 0 Å². The predicted molar refractivity (Wildman–Crippen MR) is 114 cm³/mol. The summed E-state index contributed by atoms with van der Waals surface area (Å²) in [5.41, 5.74) is 3.97. The number of carbonyl (C=O) groups is 2. The number of hydrogen-bond donors (Lipinski definition) is 1. The molecule has 0 bridgehead atoms. The summed E-state index contributed by atoms with van der Waals surface area (Å²) < 4.78 is 11.5. The fourth-order valence-corrected chi connectivity index (χ4v) is 3.31. The fourth-order valence-electron chi connectivity index (χ4n) is 3.31. The summed E-state index contributed by atoms with van der Waals surface area (Å²) in [7, 11) is 1.24. The van der Waals surface area contributed by atoms with Gasteiger partial charge in [-0.2, -0.15) is 5.26 Å². The maximum atomic E-state index is 11.8.